The molecule has 0 saturated heterocycles. The minimum absolute atomic E-state index is 1.09. The summed E-state index contributed by atoms with van der Waals surface area (Å²) in [5.41, 5.74) is 14.0. The van der Waals surface area contributed by atoms with Crippen molar-refractivity contribution in [3.8, 4) is 39.1 Å². The van der Waals surface area contributed by atoms with Gasteiger partial charge in [0.25, 0.3) is 0 Å². The van der Waals surface area contributed by atoms with Gasteiger partial charge in [-0.25, -0.2) is 0 Å². The van der Waals surface area contributed by atoms with Gasteiger partial charge in [-0.1, -0.05) is 182 Å². The fourth-order valence-electron chi connectivity index (χ4n) is 8.93. The number of fused-ring (bicyclic) bond motifs is 6. The molecule has 0 amide bonds. The highest BCUT2D eigenvalue weighted by atomic mass is 15.2. The van der Waals surface area contributed by atoms with Gasteiger partial charge in [-0.05, 0) is 103 Å². The van der Waals surface area contributed by atoms with Gasteiger partial charge in [-0.15, -0.1) is 0 Å². The number of hydrogen-bond donors (Lipinski definition) is 0. The molecule has 0 radical (unpaired) electrons. The fraction of sp³-hybridized carbons (Fsp3) is 0. The zero-order valence-electron chi connectivity index (χ0n) is 31.8. The van der Waals surface area contributed by atoms with Crippen molar-refractivity contribution in [2.75, 3.05) is 4.90 Å². The third kappa shape index (κ3) is 5.66. The number of nitrogens with zero attached hydrogens (tertiary/aromatic N) is 2. The van der Waals surface area contributed by atoms with Gasteiger partial charge in [0.1, 0.15) is 0 Å². The van der Waals surface area contributed by atoms with Crippen LogP contribution in [0.15, 0.2) is 231 Å². The van der Waals surface area contributed by atoms with Crippen LogP contribution in [0.4, 0.5) is 17.1 Å². The fourth-order valence-corrected chi connectivity index (χ4v) is 8.93. The molecule has 2 heteroatoms. The Hall–Kier alpha value is -7.68. The SMILES string of the molecule is c1ccc(-c2ccc(N(c3ccc(-c4cccc5cccc(-c6ccccc6)c45)cc3)c3cccc4c5c6ccccc6ccc5n(-c5ccccc5)c34)cc2)cc1. The van der Waals surface area contributed by atoms with E-state index in [9.17, 15) is 0 Å². The molecule has 1 heterocycles. The Balaban J connectivity index is 1.14. The molecule has 1 aromatic heterocycles. The van der Waals surface area contributed by atoms with Gasteiger partial charge >= 0.3 is 0 Å². The van der Waals surface area contributed by atoms with Gasteiger partial charge in [-0.3, -0.25) is 0 Å². The maximum absolute atomic E-state index is 2.45. The van der Waals surface area contributed by atoms with E-state index < -0.39 is 0 Å². The lowest BCUT2D eigenvalue weighted by Gasteiger charge is -2.27. The summed E-state index contributed by atoms with van der Waals surface area (Å²) in [7, 11) is 0. The molecule has 10 aromatic carbocycles. The second-order valence-corrected chi connectivity index (χ2v) is 14.9. The molecule has 0 aliphatic rings. The Morgan fingerprint density at radius 3 is 1.48 bits per heavy atom. The van der Waals surface area contributed by atoms with Crippen molar-refractivity contribution < 1.29 is 0 Å². The summed E-state index contributed by atoms with van der Waals surface area (Å²) in [5.74, 6) is 0. The number of aromatic nitrogens is 1. The van der Waals surface area contributed by atoms with Crippen molar-refractivity contribution in [2.24, 2.45) is 0 Å². The minimum Gasteiger partial charge on any atom is -0.308 e. The second kappa shape index (κ2) is 14.1. The third-order valence-electron chi connectivity index (χ3n) is 11.6. The van der Waals surface area contributed by atoms with E-state index in [0.29, 0.717) is 0 Å². The normalized spacial score (nSPS) is 11.4. The first-order valence-corrected chi connectivity index (χ1v) is 19.9. The molecule has 272 valence electrons. The number of para-hydroxylation sites is 2. The monoisotopic (exact) mass is 738 g/mol. The van der Waals surface area contributed by atoms with Crippen molar-refractivity contribution >= 4 is 60.4 Å². The molecule has 2 nitrogen and oxygen atoms in total. The number of benzene rings is 10. The van der Waals surface area contributed by atoms with E-state index in [-0.39, 0.29) is 0 Å². The van der Waals surface area contributed by atoms with Crippen LogP contribution in [0.2, 0.25) is 0 Å². The van der Waals surface area contributed by atoms with E-state index in [1.165, 1.54) is 71.2 Å². The third-order valence-corrected chi connectivity index (χ3v) is 11.6. The molecular weight excluding hydrogens is 701 g/mol. The van der Waals surface area contributed by atoms with Crippen LogP contribution in [0.1, 0.15) is 0 Å². The number of rotatable bonds is 7. The second-order valence-electron chi connectivity index (χ2n) is 14.9. The van der Waals surface area contributed by atoms with E-state index in [4.69, 9.17) is 0 Å². The largest absolute Gasteiger partial charge is 0.308 e. The van der Waals surface area contributed by atoms with Gasteiger partial charge in [-0.2, -0.15) is 0 Å². The van der Waals surface area contributed by atoms with Gasteiger partial charge in [0.2, 0.25) is 0 Å². The minimum atomic E-state index is 1.09. The van der Waals surface area contributed by atoms with E-state index in [1.807, 2.05) is 0 Å². The lowest BCUT2D eigenvalue weighted by molar-refractivity contribution is 1.17. The predicted octanol–water partition coefficient (Wildman–Crippen LogP) is 15.6. The molecule has 11 rings (SSSR count). The zero-order chi connectivity index (χ0) is 38.4. The molecule has 58 heavy (non-hydrogen) atoms. The van der Waals surface area contributed by atoms with Gasteiger partial charge in [0.05, 0.1) is 16.7 Å². The van der Waals surface area contributed by atoms with Crippen LogP contribution in [0.25, 0.3) is 82.4 Å². The quantitative estimate of drug-likeness (QED) is 0.158. The molecule has 0 fully saturated rings. The van der Waals surface area contributed by atoms with Crippen LogP contribution in [0.3, 0.4) is 0 Å². The van der Waals surface area contributed by atoms with Crippen LogP contribution in [0.5, 0.6) is 0 Å². The molecule has 0 saturated carbocycles. The summed E-state index contributed by atoms with van der Waals surface area (Å²) >= 11 is 0. The van der Waals surface area contributed by atoms with E-state index in [1.54, 1.807) is 0 Å². The van der Waals surface area contributed by atoms with Crippen LogP contribution >= 0.6 is 0 Å². The van der Waals surface area contributed by atoms with E-state index >= 15 is 0 Å². The van der Waals surface area contributed by atoms with Crippen LogP contribution < -0.4 is 4.90 Å². The summed E-state index contributed by atoms with van der Waals surface area (Å²) in [5, 5.41) is 7.47. The van der Waals surface area contributed by atoms with Gasteiger partial charge in [0, 0.05) is 27.8 Å². The topological polar surface area (TPSA) is 8.17 Å². The smallest absolute Gasteiger partial charge is 0.0782 e. The van der Waals surface area contributed by atoms with E-state index in [2.05, 4.69) is 240 Å². The van der Waals surface area contributed by atoms with Gasteiger partial charge < -0.3 is 9.47 Å². The molecule has 0 aliphatic heterocycles. The standard InChI is InChI=1S/C56H38N2/c1-4-15-39(16-5-1)40-29-34-46(35-30-40)57(47-36-31-43(32-37-47)49-26-13-21-44-20-12-25-48(54(44)49)41-17-6-2-7-18-41)53-28-14-27-51-55-50-24-11-10-19-42(50)33-38-52(55)58(56(51)53)45-22-8-3-9-23-45/h1-38H. The summed E-state index contributed by atoms with van der Waals surface area (Å²) in [6, 6.07) is 83.6. The maximum atomic E-state index is 2.45. The van der Waals surface area contributed by atoms with Crippen molar-refractivity contribution in [2.45, 2.75) is 0 Å². The molecule has 0 aliphatic carbocycles. The van der Waals surface area contributed by atoms with Crippen LogP contribution in [-0.2, 0) is 0 Å². The summed E-state index contributed by atoms with van der Waals surface area (Å²) < 4.78 is 2.45. The maximum Gasteiger partial charge on any atom is 0.0782 e. The highest BCUT2D eigenvalue weighted by Gasteiger charge is 2.23. The molecular formula is C56H38N2. The van der Waals surface area contributed by atoms with Crippen molar-refractivity contribution in [3.63, 3.8) is 0 Å². The number of hydrogen-bond acceptors (Lipinski definition) is 1. The van der Waals surface area contributed by atoms with Crippen LogP contribution in [0, 0.1) is 0 Å². The molecule has 0 atom stereocenters. The molecule has 0 spiro atoms. The molecule has 0 N–H and O–H groups in total. The van der Waals surface area contributed by atoms with Crippen molar-refractivity contribution in [3.05, 3.63) is 231 Å². The van der Waals surface area contributed by atoms with Crippen molar-refractivity contribution in [1.29, 1.82) is 0 Å². The average molecular weight is 739 g/mol. The highest BCUT2D eigenvalue weighted by Crippen LogP contribution is 2.46. The van der Waals surface area contributed by atoms with Crippen molar-refractivity contribution in [1.82, 2.24) is 4.57 Å². The highest BCUT2D eigenvalue weighted by molar-refractivity contribution is 6.23. The first-order valence-electron chi connectivity index (χ1n) is 19.9. The zero-order valence-corrected chi connectivity index (χ0v) is 31.8. The predicted molar refractivity (Wildman–Crippen MR) is 247 cm³/mol. The first kappa shape index (κ1) is 33.6. The Kier molecular flexibility index (Phi) is 8.19. The Morgan fingerprint density at radius 1 is 0.310 bits per heavy atom. The first-order chi connectivity index (χ1) is 28.8. The van der Waals surface area contributed by atoms with E-state index in [0.717, 1.165) is 28.3 Å². The summed E-state index contributed by atoms with van der Waals surface area (Å²) in [4.78, 5) is 2.43. The van der Waals surface area contributed by atoms with Crippen LogP contribution in [-0.4, -0.2) is 4.57 Å². The summed E-state index contributed by atoms with van der Waals surface area (Å²) in [6.45, 7) is 0. The summed E-state index contributed by atoms with van der Waals surface area (Å²) in [6.07, 6.45) is 0. The number of anilines is 3. The Morgan fingerprint density at radius 2 is 0.810 bits per heavy atom. The lowest BCUT2D eigenvalue weighted by atomic mass is 9.91. The Bertz CT molecular complexity index is 3230. The molecule has 0 unspecified atom stereocenters. The molecule has 11 aromatic rings. The van der Waals surface area contributed by atoms with Gasteiger partial charge in [0.15, 0.2) is 0 Å². The average Bonchev–Trinajstić information content (AvgIpc) is 3.66. The lowest BCUT2D eigenvalue weighted by Crippen LogP contribution is -2.11. The molecule has 0 bridgehead atoms. The Labute approximate surface area is 338 Å².